The number of nitrogens with two attached hydrogens (primary N) is 1. The van der Waals surface area contributed by atoms with Gasteiger partial charge in [-0.1, -0.05) is 6.07 Å². The van der Waals surface area contributed by atoms with Gasteiger partial charge in [0.15, 0.2) is 0 Å². The molecular weight excluding hydrogens is 302 g/mol. The van der Waals surface area contributed by atoms with E-state index in [1.165, 1.54) is 17.5 Å². The lowest BCUT2D eigenvalue weighted by Gasteiger charge is -2.16. The summed E-state index contributed by atoms with van der Waals surface area (Å²) in [5.41, 5.74) is 9.99. The summed E-state index contributed by atoms with van der Waals surface area (Å²) in [5.74, 6) is -0.623. The first kappa shape index (κ1) is 16.1. The van der Waals surface area contributed by atoms with E-state index in [0.29, 0.717) is 11.3 Å². The van der Waals surface area contributed by atoms with Crippen LogP contribution in [-0.4, -0.2) is 17.9 Å². The second-order valence-electron chi connectivity index (χ2n) is 6.13. The largest absolute Gasteiger partial charge is 0.374 e. The molecule has 0 spiro atoms. The van der Waals surface area contributed by atoms with Crippen LogP contribution < -0.4 is 16.4 Å². The molecule has 1 atom stereocenters. The number of benzene rings is 2. The van der Waals surface area contributed by atoms with Crippen LogP contribution in [0.5, 0.6) is 0 Å². The highest BCUT2D eigenvalue weighted by Crippen LogP contribution is 2.25. The van der Waals surface area contributed by atoms with E-state index in [1.54, 1.807) is 24.3 Å². The topological polar surface area (TPSA) is 84.2 Å². The first-order valence-electron chi connectivity index (χ1n) is 8.12. The third-order valence-corrected chi connectivity index (χ3v) is 4.31. The number of anilines is 2. The summed E-state index contributed by atoms with van der Waals surface area (Å²) in [6.45, 7) is 1.82. The predicted octanol–water partition coefficient (Wildman–Crippen LogP) is 2.71. The van der Waals surface area contributed by atoms with Crippen molar-refractivity contribution in [2.75, 3.05) is 10.6 Å². The second-order valence-corrected chi connectivity index (χ2v) is 6.13. The quantitative estimate of drug-likeness (QED) is 0.791. The van der Waals surface area contributed by atoms with Crippen molar-refractivity contribution in [1.29, 1.82) is 0 Å². The average molecular weight is 323 g/mol. The molecule has 5 nitrogen and oxygen atoms in total. The third-order valence-electron chi connectivity index (χ3n) is 4.31. The Morgan fingerprint density at radius 2 is 1.67 bits per heavy atom. The zero-order chi connectivity index (χ0) is 17.1. The number of hydrogen-bond acceptors (Lipinski definition) is 3. The molecule has 24 heavy (non-hydrogen) atoms. The van der Waals surface area contributed by atoms with Gasteiger partial charge in [0.2, 0.25) is 11.8 Å². The number of primary amides is 1. The fourth-order valence-electron chi connectivity index (χ4n) is 2.95. The molecule has 0 bridgehead atoms. The molecule has 2 aromatic carbocycles. The molecule has 3 rings (SSSR count). The first-order valence-corrected chi connectivity index (χ1v) is 8.12. The van der Waals surface area contributed by atoms with Gasteiger partial charge in [0.1, 0.15) is 6.04 Å². The van der Waals surface area contributed by atoms with Crippen molar-refractivity contribution in [3.05, 3.63) is 59.2 Å². The minimum absolute atomic E-state index is 0.137. The SMILES string of the molecule is CC(Nc1ccc2c(c1)CCC2)C(=O)Nc1ccc(C(N)=O)cc1. The molecule has 0 heterocycles. The van der Waals surface area contributed by atoms with Gasteiger partial charge in [-0.05, 0) is 73.7 Å². The Morgan fingerprint density at radius 3 is 2.38 bits per heavy atom. The normalized spacial score (nSPS) is 13.9. The summed E-state index contributed by atoms with van der Waals surface area (Å²) in [4.78, 5) is 23.4. The van der Waals surface area contributed by atoms with Crippen molar-refractivity contribution in [1.82, 2.24) is 0 Å². The van der Waals surface area contributed by atoms with E-state index in [9.17, 15) is 9.59 Å². The average Bonchev–Trinajstić information content (AvgIpc) is 3.03. The van der Waals surface area contributed by atoms with Crippen molar-refractivity contribution >= 4 is 23.2 Å². The van der Waals surface area contributed by atoms with Crippen LogP contribution in [0.4, 0.5) is 11.4 Å². The fraction of sp³-hybridized carbons (Fsp3) is 0.263. The van der Waals surface area contributed by atoms with Gasteiger partial charge in [-0.2, -0.15) is 0 Å². The zero-order valence-electron chi connectivity index (χ0n) is 13.6. The minimum atomic E-state index is -0.487. The van der Waals surface area contributed by atoms with Crippen LogP contribution in [0.2, 0.25) is 0 Å². The van der Waals surface area contributed by atoms with Gasteiger partial charge in [0.25, 0.3) is 0 Å². The molecule has 0 saturated carbocycles. The molecule has 0 aromatic heterocycles. The number of amides is 2. The van der Waals surface area contributed by atoms with E-state index in [-0.39, 0.29) is 11.9 Å². The van der Waals surface area contributed by atoms with Crippen LogP contribution in [0, 0.1) is 0 Å². The standard InChI is InChI=1S/C19H21N3O2/c1-12(21-17-10-5-13-3-2-4-15(13)11-17)19(24)22-16-8-6-14(7-9-16)18(20)23/h5-12,21H,2-4H2,1H3,(H2,20,23)(H,22,24). The van der Waals surface area contributed by atoms with Crippen LogP contribution in [0.1, 0.15) is 34.8 Å². The summed E-state index contributed by atoms with van der Waals surface area (Å²) in [6, 6.07) is 12.4. The Morgan fingerprint density at radius 1 is 1.00 bits per heavy atom. The lowest BCUT2D eigenvalue weighted by molar-refractivity contribution is -0.116. The predicted molar refractivity (Wildman–Crippen MR) is 95.1 cm³/mol. The van der Waals surface area contributed by atoms with E-state index in [2.05, 4.69) is 22.8 Å². The molecule has 1 aliphatic rings. The third kappa shape index (κ3) is 3.56. The number of aryl methyl sites for hydroxylation is 2. The molecule has 0 fully saturated rings. The highest BCUT2D eigenvalue weighted by Gasteiger charge is 2.15. The van der Waals surface area contributed by atoms with Gasteiger partial charge >= 0.3 is 0 Å². The Bertz CT molecular complexity index is 769. The second kappa shape index (κ2) is 6.74. The smallest absolute Gasteiger partial charge is 0.248 e. The Hall–Kier alpha value is -2.82. The molecule has 0 aliphatic heterocycles. The Kier molecular flexibility index (Phi) is 4.51. The molecule has 124 valence electrons. The maximum atomic E-state index is 12.3. The summed E-state index contributed by atoms with van der Waals surface area (Å²) in [7, 11) is 0. The zero-order valence-corrected chi connectivity index (χ0v) is 13.6. The summed E-state index contributed by atoms with van der Waals surface area (Å²) < 4.78 is 0. The molecule has 4 N–H and O–H groups in total. The monoisotopic (exact) mass is 323 g/mol. The lowest BCUT2D eigenvalue weighted by Crippen LogP contribution is -2.31. The van der Waals surface area contributed by atoms with Gasteiger partial charge in [-0.25, -0.2) is 0 Å². The van der Waals surface area contributed by atoms with Crippen molar-refractivity contribution in [2.24, 2.45) is 5.73 Å². The molecule has 2 aromatic rings. The van der Waals surface area contributed by atoms with E-state index >= 15 is 0 Å². The minimum Gasteiger partial charge on any atom is -0.374 e. The number of carbonyl (C=O) groups excluding carboxylic acids is 2. The van der Waals surface area contributed by atoms with Gasteiger partial charge < -0.3 is 16.4 Å². The maximum Gasteiger partial charge on any atom is 0.248 e. The van der Waals surface area contributed by atoms with Crippen LogP contribution in [0.25, 0.3) is 0 Å². The molecule has 0 radical (unpaired) electrons. The molecular formula is C19H21N3O2. The van der Waals surface area contributed by atoms with Gasteiger partial charge in [0.05, 0.1) is 0 Å². The van der Waals surface area contributed by atoms with E-state index in [0.717, 1.165) is 18.5 Å². The van der Waals surface area contributed by atoms with Gasteiger partial charge in [0, 0.05) is 16.9 Å². The molecule has 1 aliphatic carbocycles. The molecule has 2 amide bonds. The number of fused-ring (bicyclic) bond motifs is 1. The van der Waals surface area contributed by atoms with E-state index in [4.69, 9.17) is 5.73 Å². The van der Waals surface area contributed by atoms with Crippen molar-refractivity contribution < 1.29 is 9.59 Å². The Labute approximate surface area is 141 Å². The molecule has 0 saturated heterocycles. The van der Waals surface area contributed by atoms with Crippen LogP contribution in [0.15, 0.2) is 42.5 Å². The first-order chi connectivity index (χ1) is 11.5. The van der Waals surface area contributed by atoms with Gasteiger partial charge in [-0.3, -0.25) is 9.59 Å². The highest BCUT2D eigenvalue weighted by atomic mass is 16.2. The summed E-state index contributed by atoms with van der Waals surface area (Å²) >= 11 is 0. The highest BCUT2D eigenvalue weighted by molar-refractivity contribution is 5.97. The number of nitrogens with one attached hydrogen (secondary N) is 2. The molecule has 5 heteroatoms. The number of rotatable bonds is 5. The van der Waals surface area contributed by atoms with Crippen molar-refractivity contribution in [2.45, 2.75) is 32.2 Å². The van der Waals surface area contributed by atoms with Gasteiger partial charge in [-0.15, -0.1) is 0 Å². The van der Waals surface area contributed by atoms with Crippen LogP contribution in [-0.2, 0) is 17.6 Å². The lowest BCUT2D eigenvalue weighted by atomic mass is 10.1. The van der Waals surface area contributed by atoms with E-state index in [1.807, 2.05) is 13.0 Å². The molecule has 1 unspecified atom stereocenters. The van der Waals surface area contributed by atoms with Crippen LogP contribution >= 0.6 is 0 Å². The van der Waals surface area contributed by atoms with Crippen molar-refractivity contribution in [3.63, 3.8) is 0 Å². The number of hydrogen-bond donors (Lipinski definition) is 3. The Balaban J connectivity index is 1.61. The van der Waals surface area contributed by atoms with E-state index < -0.39 is 5.91 Å². The maximum absolute atomic E-state index is 12.3. The van der Waals surface area contributed by atoms with Crippen molar-refractivity contribution in [3.8, 4) is 0 Å². The fourth-order valence-corrected chi connectivity index (χ4v) is 2.95. The summed E-state index contributed by atoms with van der Waals surface area (Å²) in [5, 5.41) is 6.06. The number of carbonyl (C=O) groups is 2. The summed E-state index contributed by atoms with van der Waals surface area (Å²) in [6.07, 6.45) is 3.46. The van der Waals surface area contributed by atoms with Crippen LogP contribution in [0.3, 0.4) is 0 Å².